The fraction of sp³-hybridized carbons (Fsp3) is 0.286. The van der Waals surface area contributed by atoms with Gasteiger partial charge in [-0.05, 0) is 59.9 Å². The first-order chi connectivity index (χ1) is 17.1. The second-order valence-corrected chi connectivity index (χ2v) is 10.2. The second kappa shape index (κ2) is 10.8. The lowest BCUT2D eigenvalue weighted by atomic mass is 10.1. The van der Waals surface area contributed by atoms with Gasteiger partial charge in [-0.1, -0.05) is 72.5 Å². The van der Waals surface area contributed by atoms with Crippen molar-refractivity contribution in [3.8, 4) is 11.5 Å². The van der Waals surface area contributed by atoms with Gasteiger partial charge in [-0.15, -0.1) is 0 Å². The van der Waals surface area contributed by atoms with Gasteiger partial charge >= 0.3 is 0 Å². The molecule has 2 fully saturated rings. The summed E-state index contributed by atoms with van der Waals surface area (Å²) < 4.78 is 18.3. The van der Waals surface area contributed by atoms with Gasteiger partial charge < -0.3 is 14.2 Å². The second-order valence-electron chi connectivity index (χ2n) is 8.49. The minimum Gasteiger partial charge on any atom is -0.490 e. The third-order valence-corrected chi connectivity index (χ3v) is 7.49. The van der Waals surface area contributed by atoms with Gasteiger partial charge in [-0.3, -0.25) is 9.69 Å². The summed E-state index contributed by atoms with van der Waals surface area (Å²) in [7, 11) is 0. The summed E-state index contributed by atoms with van der Waals surface area (Å²) >= 11 is 6.81. The Morgan fingerprint density at radius 2 is 1.97 bits per heavy atom. The Balaban J connectivity index is 1.33. The smallest absolute Gasteiger partial charge is 0.266 e. The monoisotopic (exact) mass is 505 g/mol. The van der Waals surface area contributed by atoms with E-state index in [-0.39, 0.29) is 12.0 Å². The summed E-state index contributed by atoms with van der Waals surface area (Å²) in [6.45, 7) is 4.16. The molecule has 5 rings (SSSR count). The highest BCUT2D eigenvalue weighted by atomic mass is 32.2. The topological polar surface area (TPSA) is 48.0 Å². The molecule has 5 nitrogen and oxygen atoms in total. The highest BCUT2D eigenvalue weighted by Gasteiger charge is 2.34. The molecule has 0 unspecified atom stereocenters. The van der Waals surface area contributed by atoms with Crippen molar-refractivity contribution in [2.45, 2.75) is 32.5 Å². The number of carbonyl (C=O) groups is 1. The summed E-state index contributed by atoms with van der Waals surface area (Å²) in [5.74, 6) is 1.25. The zero-order valence-corrected chi connectivity index (χ0v) is 21.2. The van der Waals surface area contributed by atoms with Crippen LogP contribution in [-0.4, -0.2) is 41.0 Å². The molecule has 0 radical (unpaired) electrons. The number of ether oxygens (including phenoxy) is 3. The van der Waals surface area contributed by atoms with E-state index >= 15 is 0 Å². The van der Waals surface area contributed by atoms with Gasteiger partial charge in [0.05, 0.1) is 24.2 Å². The Kier molecular flexibility index (Phi) is 7.37. The van der Waals surface area contributed by atoms with E-state index in [2.05, 4.69) is 24.3 Å². The SMILES string of the molecule is CCOc1cc(/C=C2\SC(=S)N(C[C@@H]3CCCO3)C2=O)ccc1OCc1cccc2ccccc12. The Morgan fingerprint density at radius 3 is 2.80 bits per heavy atom. The first-order valence-electron chi connectivity index (χ1n) is 11.9. The van der Waals surface area contributed by atoms with Crippen molar-refractivity contribution in [1.82, 2.24) is 4.90 Å². The summed E-state index contributed by atoms with van der Waals surface area (Å²) in [5.41, 5.74) is 1.98. The molecule has 35 heavy (non-hydrogen) atoms. The molecule has 3 aromatic rings. The van der Waals surface area contributed by atoms with Gasteiger partial charge in [-0.2, -0.15) is 0 Å². The van der Waals surface area contributed by atoms with E-state index in [0.717, 1.165) is 30.6 Å². The number of nitrogens with zero attached hydrogens (tertiary/aromatic N) is 1. The lowest BCUT2D eigenvalue weighted by Crippen LogP contribution is -2.35. The molecule has 1 atom stereocenters. The molecule has 2 aliphatic rings. The van der Waals surface area contributed by atoms with Crippen LogP contribution in [-0.2, 0) is 16.1 Å². The van der Waals surface area contributed by atoms with Crippen LogP contribution < -0.4 is 9.47 Å². The zero-order valence-electron chi connectivity index (χ0n) is 19.6. The Hall–Kier alpha value is -2.87. The minimum absolute atomic E-state index is 0.0651. The molecule has 0 bridgehead atoms. The molecular formula is C28H27NO4S2. The molecule has 0 N–H and O–H groups in total. The van der Waals surface area contributed by atoms with Crippen LogP contribution in [0.1, 0.15) is 30.9 Å². The third-order valence-electron chi connectivity index (χ3n) is 6.11. The molecule has 2 saturated heterocycles. The van der Waals surface area contributed by atoms with Crippen LogP contribution >= 0.6 is 24.0 Å². The van der Waals surface area contributed by atoms with Crippen molar-refractivity contribution in [2.75, 3.05) is 19.8 Å². The lowest BCUT2D eigenvalue weighted by Gasteiger charge is -2.18. The average Bonchev–Trinajstić information content (AvgIpc) is 3.48. The predicted octanol–water partition coefficient (Wildman–Crippen LogP) is 6.20. The van der Waals surface area contributed by atoms with Gasteiger partial charge in [0.25, 0.3) is 5.91 Å². The fourth-order valence-electron chi connectivity index (χ4n) is 4.38. The summed E-state index contributed by atoms with van der Waals surface area (Å²) in [5, 5.41) is 2.36. The molecule has 180 valence electrons. The maximum absolute atomic E-state index is 13.0. The Bertz CT molecular complexity index is 1280. The molecule has 2 aliphatic heterocycles. The van der Waals surface area contributed by atoms with Crippen LogP contribution in [0.3, 0.4) is 0 Å². The number of amides is 1. The molecular weight excluding hydrogens is 478 g/mol. The minimum atomic E-state index is -0.0651. The van der Waals surface area contributed by atoms with Crippen LogP contribution in [0.25, 0.3) is 16.8 Å². The number of thioether (sulfide) groups is 1. The van der Waals surface area contributed by atoms with Crippen LogP contribution in [0.15, 0.2) is 65.6 Å². The van der Waals surface area contributed by atoms with Gasteiger partial charge in [-0.25, -0.2) is 0 Å². The van der Waals surface area contributed by atoms with Crippen molar-refractivity contribution >= 4 is 51.1 Å². The van der Waals surface area contributed by atoms with Gasteiger partial charge in [0.1, 0.15) is 10.9 Å². The van der Waals surface area contributed by atoms with Crippen molar-refractivity contribution in [3.63, 3.8) is 0 Å². The van der Waals surface area contributed by atoms with E-state index in [9.17, 15) is 4.79 Å². The first-order valence-corrected chi connectivity index (χ1v) is 13.1. The molecule has 2 heterocycles. The van der Waals surface area contributed by atoms with E-state index in [4.69, 9.17) is 26.4 Å². The molecule has 0 aliphatic carbocycles. The fourth-order valence-corrected chi connectivity index (χ4v) is 5.65. The number of fused-ring (bicyclic) bond motifs is 1. The number of benzene rings is 3. The average molecular weight is 506 g/mol. The van der Waals surface area contributed by atoms with Crippen molar-refractivity contribution in [1.29, 1.82) is 0 Å². The molecule has 0 saturated carbocycles. The Morgan fingerprint density at radius 1 is 1.11 bits per heavy atom. The van der Waals surface area contributed by atoms with Gasteiger partial charge in [0.2, 0.25) is 0 Å². The first kappa shape index (κ1) is 23.9. The molecule has 7 heteroatoms. The van der Waals surface area contributed by atoms with Crippen LogP contribution in [0.2, 0.25) is 0 Å². The van der Waals surface area contributed by atoms with Crippen molar-refractivity contribution in [3.05, 3.63) is 76.7 Å². The quantitative estimate of drug-likeness (QED) is 0.268. The van der Waals surface area contributed by atoms with Crippen LogP contribution in [0.4, 0.5) is 0 Å². The van der Waals surface area contributed by atoms with E-state index in [0.29, 0.717) is 40.5 Å². The number of carbonyl (C=O) groups excluding carboxylic acids is 1. The maximum Gasteiger partial charge on any atom is 0.266 e. The van der Waals surface area contributed by atoms with E-state index in [1.54, 1.807) is 4.90 Å². The highest BCUT2D eigenvalue weighted by molar-refractivity contribution is 8.26. The lowest BCUT2D eigenvalue weighted by molar-refractivity contribution is -0.123. The van der Waals surface area contributed by atoms with E-state index in [1.165, 1.54) is 22.5 Å². The van der Waals surface area contributed by atoms with Crippen molar-refractivity contribution in [2.24, 2.45) is 0 Å². The maximum atomic E-state index is 13.0. The summed E-state index contributed by atoms with van der Waals surface area (Å²) in [6.07, 6.45) is 3.93. The molecule has 0 spiro atoms. The number of hydrogen-bond donors (Lipinski definition) is 0. The number of hydrogen-bond acceptors (Lipinski definition) is 6. The number of rotatable bonds is 8. The Labute approximate surface area is 215 Å². The summed E-state index contributed by atoms with van der Waals surface area (Å²) in [4.78, 5) is 15.3. The highest BCUT2D eigenvalue weighted by Crippen LogP contribution is 2.36. The summed E-state index contributed by atoms with van der Waals surface area (Å²) in [6, 6.07) is 20.3. The van der Waals surface area contributed by atoms with Crippen LogP contribution in [0, 0.1) is 0 Å². The third kappa shape index (κ3) is 5.37. The molecule has 0 aromatic heterocycles. The van der Waals surface area contributed by atoms with E-state index < -0.39 is 0 Å². The normalized spacial score (nSPS) is 19.2. The van der Waals surface area contributed by atoms with Gasteiger partial charge in [0, 0.05) is 6.61 Å². The molecule has 3 aromatic carbocycles. The van der Waals surface area contributed by atoms with Crippen LogP contribution in [0.5, 0.6) is 11.5 Å². The standard InChI is InChI=1S/C28H27NO4S2/c1-2-31-25-15-19(16-26-27(30)29(28(34)35-26)17-22-10-6-14-32-22)12-13-24(25)33-18-21-9-5-8-20-7-3-4-11-23(20)21/h3-5,7-9,11-13,15-16,22H,2,6,10,14,17-18H2,1H3/b26-16-/t22-/m0/s1. The molecule has 1 amide bonds. The predicted molar refractivity (Wildman–Crippen MR) is 145 cm³/mol. The van der Waals surface area contributed by atoms with Crippen molar-refractivity contribution < 1.29 is 19.0 Å². The number of thiocarbonyl (C=S) groups is 1. The zero-order chi connectivity index (χ0) is 24.2. The van der Waals surface area contributed by atoms with Gasteiger partial charge in [0.15, 0.2) is 11.5 Å². The largest absolute Gasteiger partial charge is 0.490 e. The van der Waals surface area contributed by atoms with E-state index in [1.807, 2.05) is 49.4 Å².